The average molecular weight is 233 g/mol. The largest absolute Gasteiger partial charge is 0.316 e. The predicted molar refractivity (Wildman–Crippen MR) is 67.2 cm³/mol. The van der Waals surface area contributed by atoms with Gasteiger partial charge >= 0.3 is 0 Å². The summed E-state index contributed by atoms with van der Waals surface area (Å²) in [5.74, 6) is 2.00. The van der Waals surface area contributed by atoms with Gasteiger partial charge in [0.05, 0.1) is 0 Å². The first kappa shape index (κ1) is 12.0. The molecule has 5 heteroatoms. The maximum atomic E-state index is 4.39. The van der Waals surface area contributed by atoms with Crippen LogP contribution in [-0.4, -0.2) is 32.7 Å². The maximum Gasteiger partial charge on any atom is 0.255 e. The Morgan fingerprint density at radius 2 is 2.12 bits per heavy atom. The van der Waals surface area contributed by atoms with Crippen LogP contribution in [0.15, 0.2) is 6.07 Å². The number of hydrogen-bond acceptors (Lipinski definition) is 4. The number of aromatic nitrogens is 4. The van der Waals surface area contributed by atoms with Crippen LogP contribution in [0.5, 0.6) is 0 Å². The monoisotopic (exact) mass is 233 g/mol. The topological polar surface area (TPSA) is 55.1 Å². The molecular weight excluding hydrogens is 214 g/mol. The number of likely N-dealkylation sites (N-methyl/N-ethyl adjacent to an activating group) is 1. The van der Waals surface area contributed by atoms with Gasteiger partial charge < -0.3 is 5.32 Å². The lowest BCUT2D eigenvalue weighted by molar-refractivity contribution is 0.601. The van der Waals surface area contributed by atoms with E-state index in [0.717, 1.165) is 30.3 Å². The summed E-state index contributed by atoms with van der Waals surface area (Å²) < 4.78 is 2.04. The highest BCUT2D eigenvalue weighted by Gasteiger charge is 2.15. The highest BCUT2D eigenvalue weighted by molar-refractivity contribution is 5.33. The molecule has 0 fully saturated rings. The van der Waals surface area contributed by atoms with Gasteiger partial charge in [-0.05, 0) is 26.5 Å². The molecule has 2 heterocycles. The molecule has 0 bridgehead atoms. The van der Waals surface area contributed by atoms with E-state index < -0.39 is 0 Å². The van der Waals surface area contributed by atoms with Crippen LogP contribution in [-0.2, 0) is 0 Å². The van der Waals surface area contributed by atoms with Crippen molar-refractivity contribution in [2.45, 2.75) is 33.6 Å². The van der Waals surface area contributed by atoms with E-state index in [1.54, 1.807) is 0 Å². The van der Waals surface area contributed by atoms with Gasteiger partial charge in [0.15, 0.2) is 0 Å². The maximum absolute atomic E-state index is 4.39. The molecule has 1 unspecified atom stereocenters. The normalized spacial score (nSPS) is 13.2. The zero-order valence-electron chi connectivity index (χ0n) is 10.9. The minimum Gasteiger partial charge on any atom is -0.316 e. The van der Waals surface area contributed by atoms with Gasteiger partial charge in [-0.3, -0.25) is 4.40 Å². The van der Waals surface area contributed by atoms with Crippen molar-refractivity contribution in [1.29, 1.82) is 0 Å². The molecule has 2 aromatic rings. The van der Waals surface area contributed by atoms with Crippen LogP contribution in [0.25, 0.3) is 5.78 Å². The van der Waals surface area contributed by atoms with Gasteiger partial charge in [0.1, 0.15) is 5.82 Å². The van der Waals surface area contributed by atoms with Crippen LogP contribution >= 0.6 is 0 Å². The number of hydrogen-bond donors (Lipinski definition) is 1. The summed E-state index contributed by atoms with van der Waals surface area (Å²) in [4.78, 5) is 4.39. The van der Waals surface area contributed by atoms with Gasteiger partial charge in [-0.2, -0.15) is 0 Å². The van der Waals surface area contributed by atoms with Crippen LogP contribution in [0.2, 0.25) is 0 Å². The molecule has 0 saturated carbocycles. The summed E-state index contributed by atoms with van der Waals surface area (Å²) in [7, 11) is 0. The fraction of sp³-hybridized carbons (Fsp3) is 0.583. The summed E-state index contributed by atoms with van der Waals surface area (Å²) in [6.07, 6.45) is 0. The van der Waals surface area contributed by atoms with Gasteiger partial charge in [-0.1, -0.05) is 13.8 Å². The van der Waals surface area contributed by atoms with Crippen LogP contribution in [0.4, 0.5) is 0 Å². The van der Waals surface area contributed by atoms with Crippen molar-refractivity contribution in [3.05, 3.63) is 23.3 Å². The Kier molecular flexibility index (Phi) is 3.38. The number of nitrogens with zero attached hydrogens (tertiary/aromatic N) is 4. The van der Waals surface area contributed by atoms with Gasteiger partial charge in [0, 0.05) is 23.9 Å². The molecule has 1 atom stereocenters. The molecule has 1 N–H and O–H groups in total. The van der Waals surface area contributed by atoms with Crippen molar-refractivity contribution < 1.29 is 0 Å². The Labute approximate surface area is 101 Å². The quantitative estimate of drug-likeness (QED) is 0.868. The van der Waals surface area contributed by atoms with E-state index in [1.165, 1.54) is 0 Å². The second kappa shape index (κ2) is 4.79. The average Bonchev–Trinajstić information content (AvgIpc) is 2.69. The fourth-order valence-corrected chi connectivity index (χ4v) is 2.03. The van der Waals surface area contributed by atoms with Crippen LogP contribution in [0, 0.1) is 13.8 Å². The third-order valence-corrected chi connectivity index (χ3v) is 2.86. The smallest absolute Gasteiger partial charge is 0.255 e. The molecule has 0 aliphatic carbocycles. The highest BCUT2D eigenvalue weighted by atomic mass is 15.3. The van der Waals surface area contributed by atoms with Crippen LogP contribution < -0.4 is 5.32 Å². The molecule has 0 saturated heterocycles. The number of aryl methyl sites for hydroxylation is 2. The number of nitrogens with one attached hydrogen (secondary N) is 1. The second-order valence-corrected chi connectivity index (χ2v) is 4.44. The fourth-order valence-electron chi connectivity index (χ4n) is 2.03. The molecule has 0 aromatic carbocycles. The molecule has 0 aliphatic rings. The van der Waals surface area contributed by atoms with E-state index in [0.29, 0.717) is 11.7 Å². The Morgan fingerprint density at radius 3 is 2.82 bits per heavy atom. The molecule has 2 aromatic heterocycles. The summed E-state index contributed by atoms with van der Waals surface area (Å²) in [6.45, 7) is 10.2. The molecule has 2 rings (SSSR count). The molecule has 0 spiro atoms. The van der Waals surface area contributed by atoms with Gasteiger partial charge in [-0.15, -0.1) is 10.2 Å². The molecule has 0 radical (unpaired) electrons. The molecule has 0 aliphatic heterocycles. The van der Waals surface area contributed by atoms with E-state index in [-0.39, 0.29) is 0 Å². The third kappa shape index (κ3) is 2.29. The SMILES string of the molecule is CCNCC(C)c1nnc2nc(C)cc(C)n12. The first-order valence-electron chi connectivity index (χ1n) is 6.03. The first-order chi connectivity index (χ1) is 8.13. The van der Waals surface area contributed by atoms with E-state index in [4.69, 9.17) is 0 Å². The highest BCUT2D eigenvalue weighted by Crippen LogP contribution is 2.15. The van der Waals surface area contributed by atoms with Crippen molar-refractivity contribution in [2.24, 2.45) is 0 Å². The summed E-state index contributed by atoms with van der Waals surface area (Å²) in [6, 6.07) is 2.06. The van der Waals surface area contributed by atoms with Gasteiger partial charge in [0.2, 0.25) is 0 Å². The second-order valence-electron chi connectivity index (χ2n) is 4.44. The van der Waals surface area contributed by atoms with Crippen molar-refractivity contribution >= 4 is 5.78 Å². The van der Waals surface area contributed by atoms with E-state index in [1.807, 2.05) is 11.3 Å². The van der Waals surface area contributed by atoms with Crippen LogP contribution in [0.1, 0.15) is 37.0 Å². The summed E-state index contributed by atoms with van der Waals surface area (Å²) >= 11 is 0. The summed E-state index contributed by atoms with van der Waals surface area (Å²) in [5, 5.41) is 11.7. The first-order valence-corrected chi connectivity index (χ1v) is 6.03. The van der Waals surface area contributed by atoms with Crippen molar-refractivity contribution in [1.82, 2.24) is 24.9 Å². The Balaban J connectivity index is 2.41. The number of fused-ring (bicyclic) bond motifs is 1. The van der Waals surface area contributed by atoms with E-state index in [9.17, 15) is 0 Å². The van der Waals surface area contributed by atoms with E-state index in [2.05, 4.69) is 47.3 Å². The van der Waals surface area contributed by atoms with Crippen molar-refractivity contribution in [3.63, 3.8) is 0 Å². The standard InChI is InChI=1S/C12H19N5/c1-5-13-7-8(2)11-15-16-12-14-9(3)6-10(4)17(11)12/h6,8,13H,5,7H2,1-4H3. The lowest BCUT2D eigenvalue weighted by Gasteiger charge is -2.11. The molecule has 17 heavy (non-hydrogen) atoms. The summed E-state index contributed by atoms with van der Waals surface area (Å²) in [5.41, 5.74) is 2.11. The lowest BCUT2D eigenvalue weighted by atomic mass is 10.1. The zero-order valence-corrected chi connectivity index (χ0v) is 10.9. The predicted octanol–water partition coefficient (Wildman–Crippen LogP) is 1.45. The third-order valence-electron chi connectivity index (χ3n) is 2.86. The van der Waals surface area contributed by atoms with Crippen molar-refractivity contribution in [3.8, 4) is 0 Å². The van der Waals surface area contributed by atoms with Crippen molar-refractivity contribution in [2.75, 3.05) is 13.1 Å². The lowest BCUT2D eigenvalue weighted by Crippen LogP contribution is -2.21. The molecule has 0 amide bonds. The van der Waals surface area contributed by atoms with Gasteiger partial charge in [0.25, 0.3) is 5.78 Å². The minimum atomic E-state index is 0.327. The van der Waals surface area contributed by atoms with Crippen LogP contribution in [0.3, 0.4) is 0 Å². The Morgan fingerprint density at radius 1 is 1.35 bits per heavy atom. The Hall–Kier alpha value is -1.49. The molecule has 5 nitrogen and oxygen atoms in total. The minimum absolute atomic E-state index is 0.327. The number of rotatable bonds is 4. The van der Waals surface area contributed by atoms with E-state index >= 15 is 0 Å². The zero-order chi connectivity index (χ0) is 12.4. The Bertz CT molecular complexity index is 517. The van der Waals surface area contributed by atoms with Gasteiger partial charge in [-0.25, -0.2) is 4.98 Å². The molecule has 92 valence electrons. The molecular formula is C12H19N5.